The standard InChI is InChI=1S/C19H16N8O3S/c28-16-7-1-12(9-20-16)18(30)24-19-23-14(10-31-19)4-8-17(29)22-13-2-5-15(6-3-13)27-11-21-25-26-27/h1-3,5-7,9-12H,4,8H2,(H,22,29)(H,23,24,30). The predicted molar refractivity (Wildman–Crippen MR) is 113 cm³/mol. The molecule has 1 atom stereocenters. The molecular formula is C19H16N8O3S. The third-order valence-corrected chi connectivity index (χ3v) is 5.07. The summed E-state index contributed by atoms with van der Waals surface area (Å²) in [6, 6.07) is 7.12. The molecule has 1 aromatic carbocycles. The molecule has 0 aliphatic carbocycles. The third kappa shape index (κ3) is 5.30. The van der Waals surface area contributed by atoms with Gasteiger partial charge in [0.05, 0.1) is 17.3 Å². The fourth-order valence-electron chi connectivity index (χ4n) is 2.70. The molecule has 1 aliphatic heterocycles. The first kappa shape index (κ1) is 20.2. The van der Waals surface area contributed by atoms with E-state index < -0.39 is 5.92 Å². The van der Waals surface area contributed by atoms with E-state index in [9.17, 15) is 14.4 Å². The van der Waals surface area contributed by atoms with Gasteiger partial charge in [0, 0.05) is 29.8 Å². The molecule has 0 radical (unpaired) electrons. The quantitative estimate of drug-likeness (QED) is 0.570. The van der Waals surface area contributed by atoms with Gasteiger partial charge in [0.1, 0.15) is 6.33 Å². The average Bonchev–Trinajstić information content (AvgIpc) is 3.46. The summed E-state index contributed by atoms with van der Waals surface area (Å²) in [7, 11) is 0. The molecular weight excluding hydrogens is 420 g/mol. The highest BCUT2D eigenvalue weighted by Gasteiger charge is 2.18. The second-order valence-corrected chi connectivity index (χ2v) is 7.34. The Hall–Kier alpha value is -4.06. The minimum Gasteiger partial charge on any atom is -0.326 e. The number of benzene rings is 1. The zero-order valence-corrected chi connectivity index (χ0v) is 16.8. The van der Waals surface area contributed by atoms with Crippen molar-refractivity contribution in [2.45, 2.75) is 12.8 Å². The molecule has 12 heteroatoms. The van der Waals surface area contributed by atoms with Crippen molar-refractivity contribution in [1.82, 2.24) is 25.2 Å². The molecule has 2 aromatic heterocycles. The molecule has 11 nitrogen and oxygen atoms in total. The van der Waals surface area contributed by atoms with Gasteiger partial charge < -0.3 is 10.6 Å². The van der Waals surface area contributed by atoms with E-state index in [1.807, 2.05) is 0 Å². The summed E-state index contributed by atoms with van der Waals surface area (Å²) in [6.07, 6.45) is 6.20. The molecule has 2 N–H and O–H groups in total. The number of nitrogens with zero attached hydrogens (tertiary/aromatic N) is 6. The predicted octanol–water partition coefficient (Wildman–Crippen LogP) is 1.41. The first-order chi connectivity index (χ1) is 15.1. The molecule has 0 saturated carbocycles. The molecule has 0 fully saturated rings. The number of carbonyl (C=O) groups excluding carboxylic acids is 3. The lowest BCUT2D eigenvalue weighted by molar-refractivity contribution is -0.117. The SMILES string of the molecule is O=C1C=CC(C(=O)Nc2nc(CCC(=O)Nc3ccc(-n4cnnn4)cc3)cs2)C=N1. The number of rotatable bonds is 7. The highest BCUT2D eigenvalue weighted by molar-refractivity contribution is 7.13. The number of carbonyl (C=O) groups is 3. The highest BCUT2D eigenvalue weighted by Crippen LogP contribution is 2.18. The Bertz CT molecular complexity index is 1140. The first-order valence-electron chi connectivity index (χ1n) is 9.22. The second kappa shape index (κ2) is 9.17. The van der Waals surface area contributed by atoms with Crippen LogP contribution in [0.4, 0.5) is 10.8 Å². The summed E-state index contributed by atoms with van der Waals surface area (Å²) in [6.45, 7) is 0. The lowest BCUT2D eigenvalue weighted by atomic mass is 10.1. The van der Waals surface area contributed by atoms with Crippen LogP contribution in [0.2, 0.25) is 0 Å². The minimum absolute atomic E-state index is 0.151. The van der Waals surface area contributed by atoms with Crippen LogP contribution in [0.5, 0.6) is 0 Å². The molecule has 4 rings (SSSR count). The maximum absolute atomic E-state index is 12.2. The van der Waals surface area contributed by atoms with Gasteiger partial charge >= 0.3 is 0 Å². The van der Waals surface area contributed by atoms with Gasteiger partial charge in [0.15, 0.2) is 5.13 Å². The van der Waals surface area contributed by atoms with E-state index >= 15 is 0 Å². The van der Waals surface area contributed by atoms with Crippen molar-refractivity contribution in [3.63, 3.8) is 0 Å². The molecule has 0 bridgehead atoms. The summed E-state index contributed by atoms with van der Waals surface area (Å²) in [5.74, 6) is -1.47. The summed E-state index contributed by atoms with van der Waals surface area (Å²) in [5, 5.41) is 18.7. The third-order valence-electron chi connectivity index (χ3n) is 4.27. The molecule has 156 valence electrons. The van der Waals surface area contributed by atoms with Crippen LogP contribution < -0.4 is 10.6 Å². The molecule has 0 spiro atoms. The molecule has 3 heterocycles. The normalized spacial score (nSPS) is 15.1. The number of hydrogen-bond acceptors (Lipinski definition) is 8. The number of thiazole rings is 1. The largest absolute Gasteiger partial charge is 0.326 e. The van der Waals surface area contributed by atoms with Gasteiger partial charge in [0.25, 0.3) is 5.91 Å². The summed E-state index contributed by atoms with van der Waals surface area (Å²) >= 11 is 1.27. The average molecular weight is 436 g/mol. The Morgan fingerprint density at radius 1 is 1.16 bits per heavy atom. The fraction of sp³-hybridized carbons (Fsp3) is 0.158. The van der Waals surface area contributed by atoms with E-state index in [1.54, 1.807) is 29.6 Å². The van der Waals surface area contributed by atoms with Crippen molar-refractivity contribution < 1.29 is 14.4 Å². The number of aliphatic imine (C=N–C) groups is 1. The zero-order chi connectivity index (χ0) is 21.6. The summed E-state index contributed by atoms with van der Waals surface area (Å²) < 4.78 is 1.51. The van der Waals surface area contributed by atoms with Gasteiger partial charge in [-0.15, -0.1) is 16.4 Å². The zero-order valence-electron chi connectivity index (χ0n) is 16.0. The molecule has 31 heavy (non-hydrogen) atoms. The molecule has 3 aromatic rings. The number of anilines is 2. The maximum Gasteiger partial charge on any atom is 0.269 e. The van der Waals surface area contributed by atoms with E-state index in [-0.39, 0.29) is 24.1 Å². The van der Waals surface area contributed by atoms with Gasteiger partial charge in [-0.05, 0) is 41.1 Å². The minimum atomic E-state index is -0.608. The van der Waals surface area contributed by atoms with Crippen molar-refractivity contribution in [3.8, 4) is 5.69 Å². The number of amides is 3. The topological polar surface area (TPSA) is 144 Å². The number of tetrazole rings is 1. The molecule has 3 amide bonds. The number of nitrogens with one attached hydrogen (secondary N) is 2. The van der Waals surface area contributed by atoms with Gasteiger partial charge in [-0.3, -0.25) is 14.4 Å². The van der Waals surface area contributed by atoms with E-state index in [4.69, 9.17) is 0 Å². The van der Waals surface area contributed by atoms with Crippen LogP contribution in [0.25, 0.3) is 5.69 Å². The van der Waals surface area contributed by atoms with Crippen LogP contribution in [0.1, 0.15) is 12.1 Å². The lowest BCUT2D eigenvalue weighted by Gasteiger charge is -2.08. The highest BCUT2D eigenvalue weighted by atomic mass is 32.1. The van der Waals surface area contributed by atoms with Crippen LogP contribution in [-0.2, 0) is 20.8 Å². The van der Waals surface area contributed by atoms with Crippen LogP contribution >= 0.6 is 11.3 Å². The summed E-state index contributed by atoms with van der Waals surface area (Å²) in [4.78, 5) is 43.4. The van der Waals surface area contributed by atoms with Gasteiger partial charge in [-0.2, -0.15) is 0 Å². The fourth-order valence-corrected chi connectivity index (χ4v) is 3.45. The Morgan fingerprint density at radius 2 is 2.00 bits per heavy atom. The number of aryl methyl sites for hydroxylation is 1. The van der Waals surface area contributed by atoms with Crippen molar-refractivity contribution >= 4 is 46.1 Å². The smallest absolute Gasteiger partial charge is 0.269 e. The molecule has 1 unspecified atom stereocenters. The number of aromatic nitrogens is 5. The van der Waals surface area contributed by atoms with E-state index in [0.29, 0.717) is 22.9 Å². The Balaban J connectivity index is 1.25. The maximum atomic E-state index is 12.2. The van der Waals surface area contributed by atoms with Crippen molar-refractivity contribution in [2.75, 3.05) is 10.6 Å². The van der Waals surface area contributed by atoms with E-state index in [1.165, 1.54) is 40.7 Å². The number of hydrogen-bond donors (Lipinski definition) is 2. The molecule has 1 aliphatic rings. The Labute approximate surface area is 179 Å². The molecule has 0 saturated heterocycles. The summed E-state index contributed by atoms with van der Waals surface area (Å²) in [5.41, 5.74) is 2.14. The van der Waals surface area contributed by atoms with Gasteiger partial charge in [-0.1, -0.05) is 6.08 Å². The Morgan fingerprint density at radius 3 is 2.71 bits per heavy atom. The van der Waals surface area contributed by atoms with Crippen molar-refractivity contribution in [3.05, 3.63) is 53.8 Å². The lowest BCUT2D eigenvalue weighted by Crippen LogP contribution is -2.24. The monoisotopic (exact) mass is 436 g/mol. The van der Waals surface area contributed by atoms with Crippen molar-refractivity contribution in [1.29, 1.82) is 0 Å². The van der Waals surface area contributed by atoms with Crippen LogP contribution in [0.3, 0.4) is 0 Å². The van der Waals surface area contributed by atoms with E-state index in [0.717, 1.165) is 5.69 Å². The van der Waals surface area contributed by atoms with Crippen LogP contribution in [0.15, 0.2) is 53.1 Å². The number of dihydropyridines is 1. The van der Waals surface area contributed by atoms with Crippen LogP contribution in [-0.4, -0.2) is 49.1 Å². The van der Waals surface area contributed by atoms with Gasteiger partial charge in [-0.25, -0.2) is 14.7 Å². The van der Waals surface area contributed by atoms with Gasteiger partial charge in [0.2, 0.25) is 11.8 Å². The second-order valence-electron chi connectivity index (χ2n) is 6.48. The van der Waals surface area contributed by atoms with E-state index in [2.05, 4.69) is 36.1 Å². The first-order valence-corrected chi connectivity index (χ1v) is 10.1. The van der Waals surface area contributed by atoms with Crippen LogP contribution in [0, 0.1) is 5.92 Å². The Kier molecular flexibility index (Phi) is 5.98. The van der Waals surface area contributed by atoms with Crippen molar-refractivity contribution in [2.24, 2.45) is 10.9 Å².